The van der Waals surface area contributed by atoms with Crippen molar-refractivity contribution >= 4 is 19.8 Å². The molecule has 0 saturated heterocycles. The maximum absolute atomic E-state index is 12.5. The first kappa shape index (κ1) is 58.8. The van der Waals surface area contributed by atoms with E-state index in [1.165, 1.54) is 205 Å². The molecule has 0 heterocycles. The summed E-state index contributed by atoms with van der Waals surface area (Å²) in [6.45, 7) is 3.74. The van der Waals surface area contributed by atoms with Crippen molar-refractivity contribution in [2.24, 2.45) is 0 Å². The summed E-state index contributed by atoms with van der Waals surface area (Å²) in [5.74, 6) is -0.871. The van der Waals surface area contributed by atoms with Gasteiger partial charge in [0.2, 0.25) is 0 Å². The molecular formula is C51H99O8P. The van der Waals surface area contributed by atoms with Crippen molar-refractivity contribution in [3.05, 3.63) is 12.2 Å². The van der Waals surface area contributed by atoms with Gasteiger partial charge in [-0.3, -0.25) is 14.1 Å². The molecule has 0 aliphatic carbocycles. The molecule has 0 aromatic rings. The molecule has 0 spiro atoms. The van der Waals surface area contributed by atoms with Crippen molar-refractivity contribution in [1.29, 1.82) is 0 Å². The normalized spacial score (nSPS) is 12.4. The van der Waals surface area contributed by atoms with E-state index in [2.05, 4.69) is 30.5 Å². The fourth-order valence-corrected chi connectivity index (χ4v) is 8.26. The van der Waals surface area contributed by atoms with Gasteiger partial charge >= 0.3 is 19.8 Å². The van der Waals surface area contributed by atoms with Gasteiger partial charge in [0.25, 0.3) is 0 Å². The van der Waals surface area contributed by atoms with Crippen LogP contribution < -0.4 is 0 Å². The van der Waals surface area contributed by atoms with E-state index >= 15 is 0 Å². The van der Waals surface area contributed by atoms with Gasteiger partial charge in [-0.1, -0.05) is 244 Å². The van der Waals surface area contributed by atoms with Crippen LogP contribution >= 0.6 is 7.82 Å². The van der Waals surface area contributed by atoms with Crippen LogP contribution in [0.5, 0.6) is 0 Å². The molecule has 0 fully saturated rings. The van der Waals surface area contributed by atoms with Gasteiger partial charge < -0.3 is 19.3 Å². The number of hydrogen-bond donors (Lipinski definition) is 2. The first-order valence-electron chi connectivity index (χ1n) is 26.0. The minimum Gasteiger partial charge on any atom is -0.462 e. The van der Waals surface area contributed by atoms with E-state index in [0.717, 1.165) is 44.9 Å². The molecule has 1 unspecified atom stereocenters. The number of carbonyl (C=O) groups excluding carboxylic acids is 2. The van der Waals surface area contributed by atoms with Crippen molar-refractivity contribution in [2.45, 2.75) is 290 Å². The monoisotopic (exact) mass is 871 g/mol. The molecule has 8 nitrogen and oxygen atoms in total. The summed E-state index contributed by atoms with van der Waals surface area (Å²) in [4.78, 5) is 43.1. The average Bonchev–Trinajstić information content (AvgIpc) is 3.22. The van der Waals surface area contributed by atoms with E-state index in [1.807, 2.05) is 0 Å². The number of rotatable bonds is 49. The molecule has 2 N–H and O–H groups in total. The van der Waals surface area contributed by atoms with Crippen LogP contribution in [0.1, 0.15) is 284 Å². The molecule has 0 saturated carbocycles. The lowest BCUT2D eigenvalue weighted by Gasteiger charge is -2.18. The van der Waals surface area contributed by atoms with Crippen molar-refractivity contribution in [1.82, 2.24) is 0 Å². The van der Waals surface area contributed by atoms with Crippen LogP contribution in [0.3, 0.4) is 0 Å². The zero-order valence-corrected chi connectivity index (χ0v) is 40.5. The van der Waals surface area contributed by atoms with Gasteiger partial charge in [0.15, 0.2) is 6.10 Å². The number of hydrogen-bond acceptors (Lipinski definition) is 6. The lowest BCUT2D eigenvalue weighted by atomic mass is 10.0. The lowest BCUT2D eigenvalue weighted by Crippen LogP contribution is -2.29. The predicted molar refractivity (Wildman–Crippen MR) is 253 cm³/mol. The molecule has 0 aromatic heterocycles. The highest BCUT2D eigenvalue weighted by Crippen LogP contribution is 2.36. The number of esters is 2. The molecule has 0 aliphatic rings. The van der Waals surface area contributed by atoms with E-state index in [1.54, 1.807) is 0 Å². The Morgan fingerprint density at radius 1 is 0.417 bits per heavy atom. The van der Waals surface area contributed by atoms with Crippen LogP contribution in [0, 0.1) is 0 Å². The Balaban J connectivity index is 3.75. The van der Waals surface area contributed by atoms with E-state index in [4.69, 9.17) is 19.3 Å². The topological polar surface area (TPSA) is 119 Å². The molecule has 0 aliphatic heterocycles. The highest BCUT2D eigenvalue weighted by Gasteiger charge is 2.23. The molecule has 0 amide bonds. The van der Waals surface area contributed by atoms with E-state index in [-0.39, 0.29) is 19.4 Å². The summed E-state index contributed by atoms with van der Waals surface area (Å²) in [7, 11) is -4.76. The molecule has 0 bridgehead atoms. The lowest BCUT2D eigenvalue weighted by molar-refractivity contribution is -0.161. The highest BCUT2D eigenvalue weighted by molar-refractivity contribution is 7.46. The Hall–Kier alpha value is -1.21. The van der Waals surface area contributed by atoms with E-state index in [9.17, 15) is 14.2 Å². The smallest absolute Gasteiger partial charge is 0.462 e. The quantitative estimate of drug-likeness (QED) is 0.0268. The molecular weight excluding hydrogens is 772 g/mol. The van der Waals surface area contributed by atoms with Crippen molar-refractivity contribution < 1.29 is 37.9 Å². The van der Waals surface area contributed by atoms with Crippen LogP contribution in [0.4, 0.5) is 0 Å². The number of unbranched alkanes of at least 4 members (excludes halogenated alkanes) is 37. The minimum absolute atomic E-state index is 0.212. The molecule has 0 aromatic carbocycles. The second-order valence-corrected chi connectivity index (χ2v) is 19.1. The third kappa shape index (κ3) is 49.4. The Morgan fingerprint density at radius 2 is 0.700 bits per heavy atom. The Labute approximate surface area is 371 Å². The molecule has 356 valence electrons. The van der Waals surface area contributed by atoms with E-state index < -0.39 is 32.5 Å². The Kier molecular flexibility index (Phi) is 46.3. The summed E-state index contributed by atoms with van der Waals surface area (Å²) in [5.41, 5.74) is 0. The van der Waals surface area contributed by atoms with E-state index in [0.29, 0.717) is 6.42 Å². The van der Waals surface area contributed by atoms with Gasteiger partial charge in [-0.25, -0.2) is 4.57 Å². The fourth-order valence-electron chi connectivity index (χ4n) is 7.90. The standard InChI is InChI=1S/C51H99O8P/c1-3-5-7-9-11-13-15-17-19-21-23-24-25-26-27-28-30-31-33-35-37-39-41-43-45-50(52)57-47-49(48-58-60(54,55)56)59-51(53)46-44-42-40-38-36-34-32-29-22-20-18-16-14-12-10-8-6-4-2/h20,22,49H,3-19,21,23-48H2,1-2H3,(H2,54,55,56)/b22-20-. The van der Waals surface area contributed by atoms with Crippen LogP contribution in [-0.2, 0) is 28.2 Å². The second kappa shape index (κ2) is 47.3. The summed E-state index contributed by atoms with van der Waals surface area (Å²) in [6, 6.07) is 0. The van der Waals surface area contributed by atoms with Crippen molar-refractivity contribution in [2.75, 3.05) is 13.2 Å². The Morgan fingerprint density at radius 3 is 1.02 bits per heavy atom. The fraction of sp³-hybridized carbons (Fsp3) is 0.922. The Bertz CT molecular complexity index is 982. The van der Waals surface area contributed by atoms with Gasteiger partial charge in [0.05, 0.1) is 6.61 Å². The summed E-state index contributed by atoms with van der Waals surface area (Å²) in [6.07, 6.45) is 55.2. The SMILES string of the molecule is CCCCCCCCC/C=C\CCCCCCCCCC(=O)OC(COC(=O)CCCCCCCCCCCCCCCCCCCCCCCCCC)COP(=O)(O)O. The first-order valence-corrected chi connectivity index (χ1v) is 27.5. The molecule has 60 heavy (non-hydrogen) atoms. The van der Waals surface area contributed by atoms with Gasteiger partial charge in [-0.15, -0.1) is 0 Å². The molecule has 0 radical (unpaired) electrons. The van der Waals surface area contributed by atoms with Crippen LogP contribution in [0.25, 0.3) is 0 Å². The zero-order valence-electron chi connectivity index (χ0n) is 39.6. The summed E-state index contributed by atoms with van der Waals surface area (Å²) < 4.78 is 26.5. The maximum atomic E-state index is 12.5. The van der Waals surface area contributed by atoms with Crippen LogP contribution in [0.2, 0.25) is 0 Å². The molecule has 0 rings (SSSR count). The molecule has 9 heteroatoms. The number of carbonyl (C=O) groups is 2. The number of phosphoric ester groups is 1. The van der Waals surface area contributed by atoms with Gasteiger partial charge in [-0.2, -0.15) is 0 Å². The van der Waals surface area contributed by atoms with Gasteiger partial charge in [-0.05, 0) is 38.5 Å². The summed E-state index contributed by atoms with van der Waals surface area (Å²) >= 11 is 0. The maximum Gasteiger partial charge on any atom is 0.469 e. The van der Waals surface area contributed by atoms with Crippen LogP contribution in [-0.4, -0.2) is 41.0 Å². The number of allylic oxidation sites excluding steroid dienone is 2. The molecule has 1 atom stereocenters. The largest absolute Gasteiger partial charge is 0.469 e. The zero-order chi connectivity index (χ0) is 43.9. The number of phosphoric acid groups is 1. The average molecular weight is 871 g/mol. The van der Waals surface area contributed by atoms with Crippen molar-refractivity contribution in [3.63, 3.8) is 0 Å². The van der Waals surface area contributed by atoms with Gasteiger partial charge in [0, 0.05) is 12.8 Å². The third-order valence-corrected chi connectivity index (χ3v) is 12.3. The first-order chi connectivity index (χ1) is 29.3. The third-order valence-electron chi connectivity index (χ3n) is 11.8. The second-order valence-electron chi connectivity index (χ2n) is 17.9. The van der Waals surface area contributed by atoms with Crippen LogP contribution in [0.15, 0.2) is 12.2 Å². The number of ether oxygens (including phenoxy) is 2. The predicted octanol–water partition coefficient (Wildman–Crippen LogP) is 16.5. The van der Waals surface area contributed by atoms with Gasteiger partial charge in [0.1, 0.15) is 6.61 Å². The highest BCUT2D eigenvalue weighted by atomic mass is 31.2. The minimum atomic E-state index is -4.76. The summed E-state index contributed by atoms with van der Waals surface area (Å²) in [5, 5.41) is 0. The van der Waals surface area contributed by atoms with Crippen molar-refractivity contribution in [3.8, 4) is 0 Å².